The monoisotopic (exact) mass is 701 g/mol. The quantitative estimate of drug-likeness (QED) is 0.261. The molecule has 2 aromatic carbocycles. The molecular formula is C37H38F3N7O4. The second-order valence-corrected chi connectivity index (χ2v) is 14.3. The highest BCUT2D eigenvalue weighted by atomic mass is 19.1. The van der Waals surface area contributed by atoms with Crippen molar-refractivity contribution in [1.29, 1.82) is 0 Å². The summed E-state index contributed by atoms with van der Waals surface area (Å²) in [5.74, 6) is 1.18. The Kier molecular flexibility index (Phi) is 8.30. The summed E-state index contributed by atoms with van der Waals surface area (Å²) in [5, 5.41) is 15.2. The fourth-order valence-corrected chi connectivity index (χ4v) is 8.49. The van der Waals surface area contributed by atoms with Crippen LogP contribution < -0.4 is 15.0 Å². The molecule has 4 aliphatic heterocycles. The number of alkyl halides is 1. The zero-order valence-electron chi connectivity index (χ0n) is 28.3. The van der Waals surface area contributed by atoms with Gasteiger partial charge in [-0.2, -0.15) is 9.97 Å². The van der Waals surface area contributed by atoms with Crippen LogP contribution in [0, 0.1) is 24.0 Å². The summed E-state index contributed by atoms with van der Waals surface area (Å²) < 4.78 is 58.6. The summed E-state index contributed by atoms with van der Waals surface area (Å²) in [6, 6.07) is 5.64. The molecule has 2 aromatic heterocycles. The third-order valence-corrected chi connectivity index (χ3v) is 10.8. The standard InChI is InChI=1S/C37H38F3N7O4/c1-4-26-29(39)8-5-20-11-25(48)12-27(30(20)26)32-31(40)33-28(14-41-32)34(46-16-22-6-7-23(17-46)42-22)44-35(43-33)51-19-37-10-9-24(18-50-36(49)45(2)3)47(37)15-21(38)13-37/h1,5,8,11-12,14,21-24,42,48H,6-7,9-10,13,15-19H2,2-3H3/t21-,22?,23?,24-,37+/m1/s1. The van der Waals surface area contributed by atoms with E-state index in [9.17, 15) is 14.3 Å². The van der Waals surface area contributed by atoms with E-state index in [4.69, 9.17) is 20.9 Å². The van der Waals surface area contributed by atoms with Gasteiger partial charge in [0, 0.05) is 75.4 Å². The molecule has 2 N–H and O–H groups in total. The van der Waals surface area contributed by atoms with Gasteiger partial charge in [-0.05, 0) is 49.3 Å². The van der Waals surface area contributed by atoms with E-state index in [-0.39, 0.29) is 83.8 Å². The number of fused-ring (bicyclic) bond motifs is 5. The number of carbonyl (C=O) groups is 1. The molecular weight excluding hydrogens is 663 g/mol. The summed E-state index contributed by atoms with van der Waals surface area (Å²) >= 11 is 0. The van der Waals surface area contributed by atoms with E-state index in [2.05, 4.69) is 26.1 Å². The third-order valence-electron chi connectivity index (χ3n) is 10.8. The number of terminal acetylenes is 1. The number of hydrogen-bond acceptors (Lipinski definition) is 10. The molecule has 4 saturated heterocycles. The molecule has 0 radical (unpaired) electrons. The lowest BCUT2D eigenvalue weighted by molar-refractivity contribution is 0.0481. The Morgan fingerprint density at radius 1 is 1.16 bits per heavy atom. The first-order chi connectivity index (χ1) is 24.5. The van der Waals surface area contributed by atoms with Crippen molar-refractivity contribution in [3.8, 4) is 35.4 Å². The maximum Gasteiger partial charge on any atom is 0.409 e. The average molecular weight is 702 g/mol. The van der Waals surface area contributed by atoms with E-state index >= 15 is 8.78 Å². The number of nitrogens with one attached hydrogen (secondary N) is 1. The molecule has 51 heavy (non-hydrogen) atoms. The minimum Gasteiger partial charge on any atom is -0.508 e. The van der Waals surface area contributed by atoms with Crippen LogP contribution in [-0.4, -0.2) is 113 Å². The number of ether oxygens (including phenoxy) is 2. The zero-order valence-corrected chi connectivity index (χ0v) is 28.3. The van der Waals surface area contributed by atoms with Gasteiger partial charge in [0.1, 0.15) is 48.0 Å². The number of anilines is 1. The molecule has 5 atom stereocenters. The minimum absolute atomic E-state index is 0.0465. The van der Waals surface area contributed by atoms with Gasteiger partial charge >= 0.3 is 12.1 Å². The first-order valence-electron chi connectivity index (χ1n) is 17.2. The number of amides is 1. The normalized spacial score (nSPS) is 25.7. The Labute approximate surface area is 292 Å². The van der Waals surface area contributed by atoms with Gasteiger partial charge in [-0.3, -0.25) is 9.88 Å². The van der Waals surface area contributed by atoms with Crippen LogP contribution in [0.25, 0.3) is 32.9 Å². The van der Waals surface area contributed by atoms with E-state index in [1.54, 1.807) is 14.1 Å². The van der Waals surface area contributed by atoms with Gasteiger partial charge in [0.25, 0.3) is 0 Å². The summed E-state index contributed by atoms with van der Waals surface area (Å²) in [5.41, 5.74) is -0.885. The number of aromatic hydroxyl groups is 1. The lowest BCUT2D eigenvalue weighted by Crippen LogP contribution is -2.51. The maximum absolute atomic E-state index is 16.9. The van der Waals surface area contributed by atoms with Crippen molar-refractivity contribution < 1.29 is 32.5 Å². The van der Waals surface area contributed by atoms with Crippen LogP contribution in [0.15, 0.2) is 30.5 Å². The number of nitrogens with zero attached hydrogens (tertiary/aromatic N) is 6. The molecule has 0 spiro atoms. The van der Waals surface area contributed by atoms with Gasteiger partial charge in [-0.15, -0.1) is 6.42 Å². The molecule has 0 aliphatic carbocycles. The third kappa shape index (κ3) is 5.82. The number of piperazine rings is 1. The predicted molar refractivity (Wildman–Crippen MR) is 184 cm³/mol. The van der Waals surface area contributed by atoms with Crippen molar-refractivity contribution in [3.63, 3.8) is 0 Å². The highest BCUT2D eigenvalue weighted by molar-refractivity contribution is 6.03. The number of rotatable bonds is 7. The zero-order chi connectivity index (χ0) is 35.6. The minimum atomic E-state index is -1.09. The lowest BCUT2D eigenvalue weighted by atomic mass is 9.95. The molecule has 11 nitrogen and oxygen atoms in total. The smallest absolute Gasteiger partial charge is 0.409 e. The Morgan fingerprint density at radius 2 is 1.94 bits per heavy atom. The predicted octanol–water partition coefficient (Wildman–Crippen LogP) is 4.77. The van der Waals surface area contributed by atoms with Gasteiger partial charge in [0.15, 0.2) is 5.82 Å². The van der Waals surface area contributed by atoms with E-state index < -0.39 is 29.4 Å². The van der Waals surface area contributed by atoms with Gasteiger partial charge in [0.05, 0.1) is 16.5 Å². The van der Waals surface area contributed by atoms with Crippen molar-refractivity contribution >= 4 is 33.6 Å². The second-order valence-electron chi connectivity index (χ2n) is 14.3. The largest absolute Gasteiger partial charge is 0.508 e. The highest BCUT2D eigenvalue weighted by Crippen LogP contribution is 2.44. The second kappa shape index (κ2) is 12.7. The number of benzene rings is 2. The molecule has 4 aromatic rings. The lowest BCUT2D eigenvalue weighted by Gasteiger charge is -2.35. The first kappa shape index (κ1) is 33.3. The van der Waals surface area contributed by atoms with Gasteiger partial charge in [-0.1, -0.05) is 12.0 Å². The molecule has 2 bridgehead atoms. The first-order valence-corrected chi connectivity index (χ1v) is 17.2. The Bertz CT molecular complexity index is 2080. The molecule has 4 fully saturated rings. The van der Waals surface area contributed by atoms with Crippen LogP contribution in [0.1, 0.15) is 37.7 Å². The molecule has 6 heterocycles. The van der Waals surface area contributed by atoms with Crippen LogP contribution in [0.3, 0.4) is 0 Å². The number of hydrogen-bond donors (Lipinski definition) is 2. The van der Waals surface area contributed by atoms with Gasteiger partial charge in [0.2, 0.25) is 0 Å². The van der Waals surface area contributed by atoms with E-state index in [1.807, 2.05) is 4.90 Å². The van der Waals surface area contributed by atoms with E-state index in [1.165, 1.54) is 35.4 Å². The molecule has 2 unspecified atom stereocenters. The van der Waals surface area contributed by atoms with Crippen LogP contribution in [0.4, 0.5) is 23.8 Å². The van der Waals surface area contributed by atoms with E-state index in [0.29, 0.717) is 42.5 Å². The van der Waals surface area contributed by atoms with E-state index in [0.717, 1.165) is 12.8 Å². The molecule has 266 valence electrons. The number of aromatic nitrogens is 3. The Balaban J connectivity index is 1.19. The highest BCUT2D eigenvalue weighted by Gasteiger charge is 2.54. The Morgan fingerprint density at radius 3 is 2.69 bits per heavy atom. The number of halogens is 3. The Hall–Kier alpha value is -4.87. The number of phenolic OH excluding ortho intramolecular Hbond substituents is 1. The molecule has 4 aliphatic rings. The average Bonchev–Trinajstić information content (AvgIpc) is 3.74. The van der Waals surface area contributed by atoms with Crippen LogP contribution in [0.2, 0.25) is 0 Å². The molecule has 8 rings (SSSR count). The van der Waals surface area contributed by atoms with Crippen molar-refractivity contribution in [2.45, 2.75) is 61.9 Å². The number of pyridine rings is 1. The van der Waals surface area contributed by atoms with Gasteiger partial charge in [-0.25, -0.2) is 18.0 Å². The number of phenols is 1. The van der Waals surface area contributed by atoms with Crippen molar-refractivity contribution in [2.75, 3.05) is 51.8 Å². The molecule has 1 amide bonds. The van der Waals surface area contributed by atoms with Crippen LogP contribution in [-0.2, 0) is 4.74 Å². The molecule has 14 heteroatoms. The summed E-state index contributed by atoms with van der Waals surface area (Å²) in [6.07, 6.45) is 9.18. The molecule has 0 saturated carbocycles. The maximum atomic E-state index is 16.9. The summed E-state index contributed by atoms with van der Waals surface area (Å²) in [4.78, 5) is 31.5. The van der Waals surface area contributed by atoms with Crippen LogP contribution >= 0.6 is 0 Å². The fraction of sp³-hybridized carbons (Fsp3) is 0.459. The SMILES string of the molecule is C#Cc1c(F)ccc2cc(O)cc(-c3ncc4c(N5CC6CCC(C5)N6)nc(OC[C@@]56CC[C@H](COC(=O)N(C)C)N5C[C@H](F)C6)nc4c3F)c12. The van der Waals surface area contributed by atoms with Crippen molar-refractivity contribution in [3.05, 3.63) is 47.7 Å². The van der Waals surface area contributed by atoms with Crippen LogP contribution in [0.5, 0.6) is 11.8 Å². The topological polar surface area (TPSA) is 116 Å². The summed E-state index contributed by atoms with van der Waals surface area (Å²) in [6.45, 7) is 1.64. The van der Waals surface area contributed by atoms with Crippen molar-refractivity contribution in [1.82, 2.24) is 30.1 Å². The fourth-order valence-electron chi connectivity index (χ4n) is 8.49. The van der Waals surface area contributed by atoms with Gasteiger partial charge < -0.3 is 29.7 Å². The van der Waals surface area contributed by atoms with Crippen molar-refractivity contribution in [2.24, 2.45) is 0 Å². The summed E-state index contributed by atoms with van der Waals surface area (Å²) in [7, 11) is 3.21. The number of carbonyl (C=O) groups excluding carboxylic acids is 1.